The molecule has 0 saturated heterocycles. The molecular weight excluding hydrogens is 340 g/mol. The molecule has 24 heavy (non-hydrogen) atoms. The van der Waals surface area contributed by atoms with E-state index in [4.69, 9.17) is 11.6 Å². The Morgan fingerprint density at radius 1 is 1.12 bits per heavy atom. The summed E-state index contributed by atoms with van der Waals surface area (Å²) < 4.78 is 0. The monoisotopic (exact) mass is 354 g/mol. The summed E-state index contributed by atoms with van der Waals surface area (Å²) in [6.07, 6.45) is 4.43. The number of nitrogens with zero attached hydrogens (tertiary/aromatic N) is 1. The molecule has 3 aromatic rings. The van der Waals surface area contributed by atoms with Crippen LogP contribution in [0.5, 0.6) is 0 Å². The van der Waals surface area contributed by atoms with Crippen molar-refractivity contribution in [2.45, 2.75) is 12.3 Å². The average molecular weight is 355 g/mol. The number of rotatable bonds is 2. The van der Waals surface area contributed by atoms with E-state index in [0.717, 1.165) is 32.3 Å². The summed E-state index contributed by atoms with van der Waals surface area (Å²) in [5, 5.41) is 3.74. The van der Waals surface area contributed by atoms with Crippen molar-refractivity contribution in [3.05, 3.63) is 75.9 Å². The standard InChI is InChI=1S/C19H15ClN2OS/c20-14-3-1-12(2-4-14)15-7-10-22-19(23)18-16(15)11-17(24-18)13-5-8-21-9-6-13/h1-6,8-9,11,15H,7,10H2,(H,22,23)/t15-/m1/s1. The van der Waals surface area contributed by atoms with Crippen LogP contribution in [0.1, 0.15) is 33.1 Å². The van der Waals surface area contributed by atoms with Crippen LogP contribution in [0.3, 0.4) is 0 Å². The van der Waals surface area contributed by atoms with Crippen LogP contribution in [-0.2, 0) is 0 Å². The molecule has 1 amide bonds. The number of carbonyl (C=O) groups is 1. The molecule has 0 bridgehead atoms. The van der Waals surface area contributed by atoms with E-state index in [1.165, 1.54) is 5.56 Å². The van der Waals surface area contributed by atoms with Gasteiger partial charge < -0.3 is 5.32 Å². The predicted molar refractivity (Wildman–Crippen MR) is 97.8 cm³/mol. The van der Waals surface area contributed by atoms with E-state index in [-0.39, 0.29) is 11.8 Å². The van der Waals surface area contributed by atoms with Gasteiger partial charge in [0.2, 0.25) is 0 Å². The van der Waals surface area contributed by atoms with Gasteiger partial charge in [0.25, 0.3) is 5.91 Å². The van der Waals surface area contributed by atoms with Crippen molar-refractivity contribution < 1.29 is 4.79 Å². The molecular formula is C19H15ClN2OS. The van der Waals surface area contributed by atoms with Crippen LogP contribution in [0.4, 0.5) is 0 Å². The molecule has 2 aromatic heterocycles. The number of fused-ring (bicyclic) bond motifs is 1. The van der Waals surface area contributed by atoms with E-state index < -0.39 is 0 Å². The number of benzene rings is 1. The van der Waals surface area contributed by atoms with Crippen LogP contribution in [0.15, 0.2) is 54.9 Å². The Hall–Kier alpha value is -2.17. The number of amides is 1. The zero-order valence-corrected chi connectivity index (χ0v) is 14.4. The summed E-state index contributed by atoms with van der Waals surface area (Å²) in [7, 11) is 0. The summed E-state index contributed by atoms with van der Waals surface area (Å²) in [6.45, 7) is 0.679. The lowest BCUT2D eigenvalue weighted by Crippen LogP contribution is -2.21. The molecule has 1 atom stereocenters. The molecule has 0 aliphatic carbocycles. The lowest BCUT2D eigenvalue weighted by Gasteiger charge is -2.15. The smallest absolute Gasteiger partial charge is 0.261 e. The number of hydrogen-bond acceptors (Lipinski definition) is 3. The van der Waals surface area contributed by atoms with Crippen LogP contribution in [0, 0.1) is 0 Å². The summed E-state index contributed by atoms with van der Waals surface area (Å²) in [6, 6.07) is 14.0. The molecule has 3 nitrogen and oxygen atoms in total. The molecule has 4 rings (SSSR count). The summed E-state index contributed by atoms with van der Waals surface area (Å²) in [4.78, 5) is 18.4. The van der Waals surface area contributed by atoms with Crippen LogP contribution in [0.25, 0.3) is 10.4 Å². The highest BCUT2D eigenvalue weighted by molar-refractivity contribution is 7.17. The van der Waals surface area contributed by atoms with Crippen molar-refractivity contribution in [2.24, 2.45) is 0 Å². The normalized spacial score (nSPS) is 17.0. The summed E-state index contributed by atoms with van der Waals surface area (Å²) in [5.41, 5.74) is 3.38. The largest absolute Gasteiger partial charge is 0.351 e. The van der Waals surface area contributed by atoms with Crippen LogP contribution in [-0.4, -0.2) is 17.4 Å². The van der Waals surface area contributed by atoms with Gasteiger partial charge in [-0.15, -0.1) is 11.3 Å². The maximum atomic E-state index is 12.4. The van der Waals surface area contributed by atoms with Gasteiger partial charge in [-0.3, -0.25) is 9.78 Å². The minimum atomic E-state index is 0.0202. The molecule has 0 unspecified atom stereocenters. The SMILES string of the molecule is O=C1NCC[C@H](c2ccc(Cl)cc2)c2cc(-c3ccncc3)sc21. The molecule has 1 aliphatic rings. The van der Waals surface area contributed by atoms with Crippen molar-refractivity contribution in [3.8, 4) is 10.4 Å². The van der Waals surface area contributed by atoms with Gasteiger partial charge in [-0.25, -0.2) is 0 Å². The molecule has 0 saturated carbocycles. The second-order valence-corrected chi connectivity index (χ2v) is 7.27. The van der Waals surface area contributed by atoms with Gasteiger partial charge in [0.05, 0.1) is 4.88 Å². The molecule has 1 aliphatic heterocycles. The molecule has 0 radical (unpaired) electrons. The molecule has 1 aromatic carbocycles. The highest BCUT2D eigenvalue weighted by Crippen LogP contribution is 2.40. The Labute approximate surface area is 149 Å². The maximum absolute atomic E-state index is 12.4. The van der Waals surface area contributed by atoms with Crippen molar-refractivity contribution in [1.82, 2.24) is 10.3 Å². The van der Waals surface area contributed by atoms with Gasteiger partial charge in [-0.1, -0.05) is 23.7 Å². The van der Waals surface area contributed by atoms with Gasteiger partial charge >= 0.3 is 0 Å². The third-order valence-corrected chi connectivity index (χ3v) is 5.75. The fourth-order valence-electron chi connectivity index (χ4n) is 3.11. The Balaban J connectivity index is 1.82. The maximum Gasteiger partial charge on any atom is 0.261 e. The Morgan fingerprint density at radius 2 is 1.88 bits per heavy atom. The molecule has 1 N–H and O–H groups in total. The number of aromatic nitrogens is 1. The minimum absolute atomic E-state index is 0.0202. The van der Waals surface area contributed by atoms with E-state index in [2.05, 4.69) is 28.5 Å². The molecule has 5 heteroatoms. The van der Waals surface area contributed by atoms with Crippen LogP contribution in [0.2, 0.25) is 5.02 Å². The highest BCUT2D eigenvalue weighted by Gasteiger charge is 2.27. The zero-order valence-electron chi connectivity index (χ0n) is 12.8. The number of carbonyl (C=O) groups excluding carboxylic acids is 1. The van der Waals surface area contributed by atoms with Gasteiger partial charge in [0, 0.05) is 34.8 Å². The van der Waals surface area contributed by atoms with Crippen molar-refractivity contribution in [2.75, 3.05) is 6.54 Å². The molecule has 120 valence electrons. The first-order chi connectivity index (χ1) is 11.7. The van der Waals surface area contributed by atoms with Gasteiger partial charge in [-0.05, 0) is 53.4 Å². The van der Waals surface area contributed by atoms with Gasteiger partial charge in [0.1, 0.15) is 0 Å². The summed E-state index contributed by atoms with van der Waals surface area (Å²) in [5.74, 6) is 0.217. The Morgan fingerprint density at radius 3 is 2.62 bits per heavy atom. The zero-order chi connectivity index (χ0) is 16.5. The number of nitrogens with one attached hydrogen (secondary N) is 1. The van der Waals surface area contributed by atoms with Gasteiger partial charge in [0.15, 0.2) is 0 Å². The third-order valence-electron chi connectivity index (χ3n) is 4.30. The van der Waals surface area contributed by atoms with E-state index in [0.29, 0.717) is 6.54 Å². The topological polar surface area (TPSA) is 42.0 Å². The van der Waals surface area contributed by atoms with E-state index in [9.17, 15) is 4.79 Å². The van der Waals surface area contributed by atoms with Gasteiger partial charge in [-0.2, -0.15) is 0 Å². The van der Waals surface area contributed by atoms with E-state index in [1.807, 2.05) is 24.3 Å². The predicted octanol–water partition coefficient (Wildman–Crippen LogP) is 4.73. The molecule has 0 spiro atoms. The van der Waals surface area contributed by atoms with E-state index >= 15 is 0 Å². The molecule has 3 heterocycles. The Kier molecular flexibility index (Phi) is 4.08. The third kappa shape index (κ3) is 2.83. The number of halogens is 1. The summed E-state index contributed by atoms with van der Waals surface area (Å²) >= 11 is 7.57. The van der Waals surface area contributed by atoms with Crippen molar-refractivity contribution in [3.63, 3.8) is 0 Å². The minimum Gasteiger partial charge on any atom is -0.351 e. The van der Waals surface area contributed by atoms with Crippen LogP contribution >= 0.6 is 22.9 Å². The van der Waals surface area contributed by atoms with Crippen molar-refractivity contribution >= 4 is 28.8 Å². The number of hydrogen-bond donors (Lipinski definition) is 1. The number of thiophene rings is 1. The van der Waals surface area contributed by atoms with E-state index in [1.54, 1.807) is 23.7 Å². The first kappa shape index (κ1) is 15.4. The van der Waals surface area contributed by atoms with Crippen molar-refractivity contribution in [1.29, 1.82) is 0 Å². The second-order valence-electron chi connectivity index (χ2n) is 5.78. The fourth-order valence-corrected chi connectivity index (χ4v) is 4.38. The first-order valence-corrected chi connectivity index (χ1v) is 8.99. The molecule has 0 fully saturated rings. The average Bonchev–Trinajstić information content (AvgIpc) is 2.99. The first-order valence-electron chi connectivity index (χ1n) is 7.80. The highest BCUT2D eigenvalue weighted by atomic mass is 35.5. The lowest BCUT2D eigenvalue weighted by atomic mass is 9.89. The number of pyridine rings is 1. The quantitative estimate of drug-likeness (QED) is 0.723. The second kappa shape index (κ2) is 6.38. The fraction of sp³-hybridized carbons (Fsp3) is 0.158. The Bertz CT molecular complexity index is 874. The van der Waals surface area contributed by atoms with Crippen LogP contribution < -0.4 is 5.32 Å². The lowest BCUT2D eigenvalue weighted by molar-refractivity contribution is 0.0960.